The van der Waals surface area contributed by atoms with Crippen LogP contribution in [-0.2, 0) is 11.2 Å². The highest BCUT2D eigenvalue weighted by Crippen LogP contribution is 2.09. The van der Waals surface area contributed by atoms with Crippen LogP contribution >= 0.6 is 0 Å². The number of H-pyrrole nitrogens is 1. The third-order valence-corrected chi connectivity index (χ3v) is 1.60. The van der Waals surface area contributed by atoms with E-state index in [1.165, 1.54) is 0 Å². The van der Waals surface area contributed by atoms with E-state index in [1.807, 2.05) is 19.9 Å². The van der Waals surface area contributed by atoms with Crippen LogP contribution < -0.4 is 0 Å². The van der Waals surface area contributed by atoms with Gasteiger partial charge in [-0.3, -0.25) is 4.79 Å². The molecule has 60 valence electrons. The van der Waals surface area contributed by atoms with Crippen molar-refractivity contribution in [3.63, 3.8) is 0 Å². The maximum absolute atomic E-state index is 10.3. The Kier molecular flexibility index (Phi) is 1.98. The number of carboxylic acids is 1. The summed E-state index contributed by atoms with van der Waals surface area (Å²) in [6.07, 6.45) is 0.107. The van der Waals surface area contributed by atoms with Gasteiger partial charge in [0.05, 0.1) is 6.42 Å². The summed E-state index contributed by atoms with van der Waals surface area (Å²) in [7, 11) is 0. The predicted octanol–water partition coefficient (Wildman–Crippen LogP) is 1.26. The molecular weight excluding hydrogens is 142 g/mol. The average molecular weight is 153 g/mol. The molecule has 0 aromatic carbocycles. The highest BCUT2D eigenvalue weighted by molar-refractivity contribution is 5.70. The Balaban J connectivity index is 2.85. The number of hydrogen-bond donors (Lipinski definition) is 2. The predicted molar refractivity (Wildman–Crippen MR) is 41.6 cm³/mol. The Hall–Kier alpha value is -1.25. The van der Waals surface area contributed by atoms with Crippen molar-refractivity contribution in [2.24, 2.45) is 0 Å². The molecule has 0 bridgehead atoms. The van der Waals surface area contributed by atoms with Gasteiger partial charge in [-0.25, -0.2) is 0 Å². The van der Waals surface area contributed by atoms with Crippen molar-refractivity contribution >= 4 is 5.97 Å². The van der Waals surface area contributed by atoms with E-state index < -0.39 is 5.97 Å². The molecule has 11 heavy (non-hydrogen) atoms. The van der Waals surface area contributed by atoms with Gasteiger partial charge >= 0.3 is 5.97 Å². The molecule has 1 heterocycles. The maximum atomic E-state index is 10.3. The van der Waals surface area contributed by atoms with Gasteiger partial charge in [0.15, 0.2) is 0 Å². The Bertz CT molecular complexity index is 276. The second kappa shape index (κ2) is 2.78. The van der Waals surface area contributed by atoms with Gasteiger partial charge in [0.25, 0.3) is 0 Å². The lowest BCUT2D eigenvalue weighted by molar-refractivity contribution is -0.136. The molecule has 0 unspecified atom stereocenters. The molecule has 1 rings (SSSR count). The highest BCUT2D eigenvalue weighted by Gasteiger charge is 2.05. The second-order valence-electron chi connectivity index (χ2n) is 2.67. The van der Waals surface area contributed by atoms with Gasteiger partial charge < -0.3 is 10.1 Å². The summed E-state index contributed by atoms with van der Waals surface area (Å²) in [5.41, 5.74) is 2.83. The maximum Gasteiger partial charge on any atom is 0.307 e. The second-order valence-corrected chi connectivity index (χ2v) is 2.67. The fraction of sp³-hybridized carbons (Fsp3) is 0.375. The molecule has 0 saturated heterocycles. The number of nitrogens with one attached hydrogen (secondary N) is 1. The zero-order chi connectivity index (χ0) is 8.43. The summed E-state index contributed by atoms with van der Waals surface area (Å²) < 4.78 is 0. The largest absolute Gasteiger partial charge is 0.481 e. The van der Waals surface area contributed by atoms with Crippen LogP contribution in [0.15, 0.2) is 6.07 Å². The van der Waals surface area contributed by atoms with Gasteiger partial charge in [-0.05, 0) is 25.5 Å². The molecule has 0 radical (unpaired) electrons. The first-order valence-electron chi connectivity index (χ1n) is 3.46. The minimum Gasteiger partial charge on any atom is -0.481 e. The molecule has 1 aromatic rings. The van der Waals surface area contributed by atoms with Gasteiger partial charge in [-0.2, -0.15) is 0 Å². The molecule has 0 atom stereocenters. The van der Waals surface area contributed by atoms with Gasteiger partial charge in [-0.1, -0.05) is 0 Å². The molecule has 0 amide bonds. The fourth-order valence-electron chi connectivity index (χ4n) is 1.13. The number of hydrogen-bond acceptors (Lipinski definition) is 1. The first-order chi connectivity index (χ1) is 5.09. The Morgan fingerprint density at radius 1 is 1.64 bits per heavy atom. The summed E-state index contributed by atoms with van der Waals surface area (Å²) in [5, 5.41) is 8.49. The minimum atomic E-state index is -0.785. The van der Waals surface area contributed by atoms with Crippen molar-refractivity contribution in [1.82, 2.24) is 4.98 Å². The number of rotatable bonds is 2. The normalized spacial score (nSPS) is 10.0. The van der Waals surface area contributed by atoms with Crippen molar-refractivity contribution in [2.45, 2.75) is 20.3 Å². The highest BCUT2D eigenvalue weighted by atomic mass is 16.4. The first-order valence-corrected chi connectivity index (χ1v) is 3.46. The lowest BCUT2D eigenvalue weighted by Crippen LogP contribution is -1.99. The molecule has 0 aliphatic rings. The van der Waals surface area contributed by atoms with Crippen molar-refractivity contribution in [3.05, 3.63) is 23.0 Å². The number of aromatic amines is 1. The number of aryl methyl sites for hydroxylation is 2. The lowest BCUT2D eigenvalue weighted by Gasteiger charge is -1.91. The van der Waals surface area contributed by atoms with Crippen LogP contribution in [0.4, 0.5) is 0 Å². The number of carboxylic acid groups (broad SMARTS) is 1. The molecule has 2 N–H and O–H groups in total. The fourth-order valence-corrected chi connectivity index (χ4v) is 1.13. The van der Waals surface area contributed by atoms with E-state index in [0.29, 0.717) is 0 Å². The Morgan fingerprint density at radius 2 is 2.27 bits per heavy atom. The van der Waals surface area contributed by atoms with Crippen molar-refractivity contribution in [1.29, 1.82) is 0 Å². The van der Waals surface area contributed by atoms with Crippen molar-refractivity contribution < 1.29 is 9.90 Å². The van der Waals surface area contributed by atoms with Gasteiger partial charge in [0.2, 0.25) is 0 Å². The molecule has 0 aliphatic heterocycles. The van der Waals surface area contributed by atoms with E-state index >= 15 is 0 Å². The topological polar surface area (TPSA) is 53.1 Å². The molecule has 0 spiro atoms. The van der Waals surface area contributed by atoms with E-state index in [0.717, 1.165) is 17.0 Å². The number of carbonyl (C=O) groups is 1. The quantitative estimate of drug-likeness (QED) is 0.672. The Morgan fingerprint density at radius 3 is 2.64 bits per heavy atom. The monoisotopic (exact) mass is 153 g/mol. The van der Waals surface area contributed by atoms with Crippen LogP contribution in [0.5, 0.6) is 0 Å². The minimum absolute atomic E-state index is 0.107. The summed E-state index contributed by atoms with van der Waals surface area (Å²) in [4.78, 5) is 13.4. The summed E-state index contributed by atoms with van der Waals surface area (Å²) >= 11 is 0. The van der Waals surface area contributed by atoms with Crippen LogP contribution in [0.3, 0.4) is 0 Å². The number of aliphatic carboxylic acids is 1. The van der Waals surface area contributed by atoms with Gasteiger partial charge in [0, 0.05) is 11.4 Å². The van der Waals surface area contributed by atoms with E-state index in [2.05, 4.69) is 4.98 Å². The Labute approximate surface area is 65.1 Å². The summed E-state index contributed by atoms with van der Waals surface area (Å²) in [6.45, 7) is 3.80. The van der Waals surface area contributed by atoms with Crippen molar-refractivity contribution in [2.75, 3.05) is 0 Å². The molecular formula is C8H11NO2. The zero-order valence-electron chi connectivity index (χ0n) is 6.64. The van der Waals surface area contributed by atoms with E-state index in [9.17, 15) is 4.79 Å². The smallest absolute Gasteiger partial charge is 0.307 e. The lowest BCUT2D eigenvalue weighted by atomic mass is 10.2. The van der Waals surface area contributed by atoms with Crippen LogP contribution in [0.1, 0.15) is 17.0 Å². The van der Waals surface area contributed by atoms with Crippen LogP contribution in [0, 0.1) is 13.8 Å². The molecule has 0 saturated carbocycles. The molecule has 1 aromatic heterocycles. The zero-order valence-corrected chi connectivity index (χ0v) is 6.64. The van der Waals surface area contributed by atoms with Crippen molar-refractivity contribution in [3.8, 4) is 0 Å². The summed E-state index contributed by atoms with van der Waals surface area (Å²) in [6, 6.07) is 1.86. The van der Waals surface area contributed by atoms with Gasteiger partial charge in [-0.15, -0.1) is 0 Å². The standard InChI is InChI=1S/C8H11NO2/c1-5-3-7(4-8(10)11)6(2)9-5/h3,9H,4H2,1-2H3,(H,10,11). The third kappa shape index (κ3) is 1.83. The third-order valence-electron chi connectivity index (χ3n) is 1.60. The van der Waals surface area contributed by atoms with E-state index in [1.54, 1.807) is 0 Å². The summed E-state index contributed by atoms with van der Waals surface area (Å²) in [5.74, 6) is -0.785. The van der Waals surface area contributed by atoms with E-state index in [4.69, 9.17) is 5.11 Å². The van der Waals surface area contributed by atoms with E-state index in [-0.39, 0.29) is 6.42 Å². The van der Waals surface area contributed by atoms with Gasteiger partial charge in [0.1, 0.15) is 0 Å². The first kappa shape index (κ1) is 7.85. The van der Waals surface area contributed by atoms with Crippen LogP contribution in [0.2, 0.25) is 0 Å². The van der Waals surface area contributed by atoms with Crippen LogP contribution in [0.25, 0.3) is 0 Å². The number of aromatic nitrogens is 1. The molecule has 0 aliphatic carbocycles. The SMILES string of the molecule is Cc1cc(CC(=O)O)c(C)[nH]1. The molecule has 3 heteroatoms. The average Bonchev–Trinajstić information content (AvgIpc) is 2.09. The molecule has 3 nitrogen and oxygen atoms in total. The molecule has 0 fully saturated rings. The van der Waals surface area contributed by atoms with Crippen LogP contribution in [-0.4, -0.2) is 16.1 Å².